The van der Waals surface area contributed by atoms with E-state index in [1.54, 1.807) is 30.3 Å². The van der Waals surface area contributed by atoms with E-state index in [9.17, 15) is 9.18 Å². The number of ketones is 1. The zero-order chi connectivity index (χ0) is 12.4. The number of hydrogen-bond donors (Lipinski definition) is 0. The fourth-order valence-corrected chi connectivity index (χ4v) is 1.87. The molecule has 0 spiro atoms. The quantitative estimate of drug-likeness (QED) is 0.710. The summed E-state index contributed by atoms with van der Waals surface area (Å²) in [7, 11) is 0. The van der Waals surface area contributed by atoms with Crippen LogP contribution in [-0.2, 0) is 0 Å². The van der Waals surface area contributed by atoms with E-state index in [0.29, 0.717) is 16.7 Å². The first-order chi connectivity index (χ1) is 8.09. The van der Waals surface area contributed by atoms with Gasteiger partial charge in [-0.1, -0.05) is 35.9 Å². The fourth-order valence-electron chi connectivity index (χ4n) is 1.87. The number of benzene rings is 2. The molecule has 2 aromatic rings. The molecule has 86 valence electrons. The Labute approximate surface area is 99.9 Å². The number of aryl methyl sites for hydroxylation is 1. The SMILES string of the molecule is CC(=O)c1ccccc1-c1cc(C)ccc1F. The number of carbonyl (C=O) groups excluding carboxylic acids is 1. The van der Waals surface area contributed by atoms with Crippen molar-refractivity contribution < 1.29 is 9.18 Å². The Morgan fingerprint density at radius 2 is 1.76 bits per heavy atom. The van der Waals surface area contributed by atoms with Gasteiger partial charge in [0.15, 0.2) is 5.78 Å². The van der Waals surface area contributed by atoms with Crippen molar-refractivity contribution >= 4 is 5.78 Å². The molecular formula is C15H13FO. The summed E-state index contributed by atoms with van der Waals surface area (Å²) >= 11 is 0. The summed E-state index contributed by atoms with van der Waals surface area (Å²) in [6, 6.07) is 12.0. The summed E-state index contributed by atoms with van der Waals surface area (Å²) in [4.78, 5) is 11.5. The van der Waals surface area contributed by atoms with Crippen molar-refractivity contribution in [3.63, 3.8) is 0 Å². The van der Waals surface area contributed by atoms with Crippen LogP contribution < -0.4 is 0 Å². The summed E-state index contributed by atoms with van der Waals surface area (Å²) in [5.74, 6) is -0.356. The minimum atomic E-state index is -0.302. The molecule has 0 aliphatic heterocycles. The van der Waals surface area contributed by atoms with Crippen LogP contribution in [0.15, 0.2) is 42.5 Å². The highest BCUT2D eigenvalue weighted by atomic mass is 19.1. The number of halogens is 1. The lowest BCUT2D eigenvalue weighted by Gasteiger charge is -2.08. The van der Waals surface area contributed by atoms with Crippen LogP contribution in [0.2, 0.25) is 0 Å². The lowest BCUT2D eigenvalue weighted by Crippen LogP contribution is -1.97. The van der Waals surface area contributed by atoms with Crippen molar-refractivity contribution in [1.82, 2.24) is 0 Å². The minimum Gasteiger partial charge on any atom is -0.294 e. The van der Waals surface area contributed by atoms with Crippen LogP contribution in [-0.4, -0.2) is 5.78 Å². The molecule has 0 aliphatic rings. The second-order valence-corrected chi connectivity index (χ2v) is 4.09. The standard InChI is InChI=1S/C15H13FO/c1-10-7-8-15(16)14(9-10)13-6-4-3-5-12(13)11(2)17/h3-9H,1-2H3. The van der Waals surface area contributed by atoms with Crippen LogP contribution in [0.5, 0.6) is 0 Å². The van der Waals surface area contributed by atoms with E-state index in [1.807, 2.05) is 13.0 Å². The molecule has 0 bridgehead atoms. The third-order valence-electron chi connectivity index (χ3n) is 2.72. The van der Waals surface area contributed by atoms with E-state index in [-0.39, 0.29) is 11.6 Å². The minimum absolute atomic E-state index is 0.0542. The first-order valence-electron chi connectivity index (χ1n) is 5.46. The molecule has 0 radical (unpaired) electrons. The maximum Gasteiger partial charge on any atom is 0.160 e. The lowest BCUT2D eigenvalue weighted by molar-refractivity contribution is 0.101. The molecule has 0 aromatic heterocycles. The van der Waals surface area contributed by atoms with E-state index >= 15 is 0 Å². The van der Waals surface area contributed by atoms with Crippen LogP contribution in [0, 0.1) is 12.7 Å². The van der Waals surface area contributed by atoms with Gasteiger partial charge in [0.25, 0.3) is 0 Å². The second-order valence-electron chi connectivity index (χ2n) is 4.09. The molecule has 0 amide bonds. The highest BCUT2D eigenvalue weighted by molar-refractivity contribution is 6.00. The Morgan fingerprint density at radius 3 is 2.47 bits per heavy atom. The van der Waals surface area contributed by atoms with Gasteiger partial charge in [-0.2, -0.15) is 0 Å². The molecule has 0 saturated heterocycles. The predicted molar refractivity (Wildman–Crippen MR) is 66.6 cm³/mol. The monoisotopic (exact) mass is 228 g/mol. The molecule has 0 unspecified atom stereocenters. The Kier molecular flexibility index (Phi) is 3.05. The molecule has 0 saturated carbocycles. The fraction of sp³-hybridized carbons (Fsp3) is 0.133. The first kappa shape index (κ1) is 11.5. The van der Waals surface area contributed by atoms with Gasteiger partial charge >= 0.3 is 0 Å². The van der Waals surface area contributed by atoms with Gasteiger partial charge < -0.3 is 0 Å². The normalized spacial score (nSPS) is 10.3. The molecule has 17 heavy (non-hydrogen) atoms. The van der Waals surface area contributed by atoms with Gasteiger partial charge in [0.1, 0.15) is 5.82 Å². The Balaban J connectivity index is 2.68. The van der Waals surface area contributed by atoms with Crippen molar-refractivity contribution in [1.29, 1.82) is 0 Å². The smallest absolute Gasteiger partial charge is 0.160 e. The van der Waals surface area contributed by atoms with Crippen molar-refractivity contribution in [2.24, 2.45) is 0 Å². The van der Waals surface area contributed by atoms with Gasteiger partial charge in [-0.15, -0.1) is 0 Å². The van der Waals surface area contributed by atoms with Crippen molar-refractivity contribution in [2.75, 3.05) is 0 Å². The molecule has 2 aromatic carbocycles. The van der Waals surface area contributed by atoms with E-state index in [2.05, 4.69) is 0 Å². The average Bonchev–Trinajstić information content (AvgIpc) is 2.32. The van der Waals surface area contributed by atoms with E-state index in [0.717, 1.165) is 5.56 Å². The van der Waals surface area contributed by atoms with Gasteiger partial charge in [-0.25, -0.2) is 4.39 Å². The van der Waals surface area contributed by atoms with Gasteiger partial charge in [-0.05, 0) is 31.5 Å². The molecule has 0 aliphatic carbocycles. The third kappa shape index (κ3) is 2.26. The van der Waals surface area contributed by atoms with E-state index in [4.69, 9.17) is 0 Å². The average molecular weight is 228 g/mol. The largest absolute Gasteiger partial charge is 0.294 e. The zero-order valence-corrected chi connectivity index (χ0v) is 9.83. The van der Waals surface area contributed by atoms with Crippen molar-refractivity contribution in [2.45, 2.75) is 13.8 Å². The van der Waals surface area contributed by atoms with Crippen LogP contribution in [0.4, 0.5) is 4.39 Å². The summed E-state index contributed by atoms with van der Waals surface area (Å²) in [5.41, 5.74) is 2.66. The van der Waals surface area contributed by atoms with Crippen LogP contribution >= 0.6 is 0 Å². The van der Waals surface area contributed by atoms with Gasteiger partial charge in [0, 0.05) is 11.1 Å². The van der Waals surface area contributed by atoms with Gasteiger partial charge in [-0.3, -0.25) is 4.79 Å². The third-order valence-corrected chi connectivity index (χ3v) is 2.72. The highest BCUT2D eigenvalue weighted by Gasteiger charge is 2.11. The Hall–Kier alpha value is -1.96. The second kappa shape index (κ2) is 4.50. The maximum atomic E-state index is 13.8. The summed E-state index contributed by atoms with van der Waals surface area (Å²) < 4.78 is 13.8. The molecule has 0 N–H and O–H groups in total. The number of rotatable bonds is 2. The van der Waals surface area contributed by atoms with E-state index < -0.39 is 0 Å². The Bertz CT molecular complexity index is 573. The highest BCUT2D eigenvalue weighted by Crippen LogP contribution is 2.27. The number of hydrogen-bond acceptors (Lipinski definition) is 1. The summed E-state index contributed by atoms with van der Waals surface area (Å²) in [6.45, 7) is 3.39. The lowest BCUT2D eigenvalue weighted by atomic mass is 9.96. The van der Waals surface area contributed by atoms with Crippen molar-refractivity contribution in [3.05, 3.63) is 59.4 Å². The predicted octanol–water partition coefficient (Wildman–Crippen LogP) is 4.00. The molecule has 2 heteroatoms. The molecule has 0 atom stereocenters. The molecule has 0 fully saturated rings. The Morgan fingerprint density at radius 1 is 1.06 bits per heavy atom. The first-order valence-corrected chi connectivity index (χ1v) is 5.46. The maximum absolute atomic E-state index is 13.8. The van der Waals surface area contributed by atoms with Gasteiger partial charge in [0.2, 0.25) is 0 Å². The molecular weight excluding hydrogens is 215 g/mol. The topological polar surface area (TPSA) is 17.1 Å². The molecule has 0 heterocycles. The molecule has 1 nitrogen and oxygen atoms in total. The summed E-state index contributed by atoms with van der Waals surface area (Å²) in [5, 5.41) is 0. The number of carbonyl (C=O) groups is 1. The van der Waals surface area contributed by atoms with Crippen LogP contribution in [0.3, 0.4) is 0 Å². The number of Topliss-reactive ketones (excluding diaryl/α,β-unsaturated/α-hetero) is 1. The van der Waals surface area contributed by atoms with Crippen LogP contribution in [0.25, 0.3) is 11.1 Å². The van der Waals surface area contributed by atoms with E-state index in [1.165, 1.54) is 13.0 Å². The molecule has 2 rings (SSSR count). The summed E-state index contributed by atoms with van der Waals surface area (Å²) in [6.07, 6.45) is 0. The zero-order valence-electron chi connectivity index (χ0n) is 9.83. The van der Waals surface area contributed by atoms with Crippen LogP contribution in [0.1, 0.15) is 22.8 Å². The van der Waals surface area contributed by atoms with Gasteiger partial charge in [0.05, 0.1) is 0 Å². The van der Waals surface area contributed by atoms with Crippen molar-refractivity contribution in [3.8, 4) is 11.1 Å².